The number of amides is 1. The van der Waals surface area contributed by atoms with Gasteiger partial charge in [-0.15, -0.1) is 0 Å². The van der Waals surface area contributed by atoms with E-state index in [2.05, 4.69) is 0 Å². The fourth-order valence-electron chi connectivity index (χ4n) is 1.92. The molecule has 1 aromatic rings. The Labute approximate surface area is 120 Å². The Morgan fingerprint density at radius 2 is 1.70 bits per heavy atom. The molecule has 0 radical (unpaired) electrons. The predicted octanol–water partition coefficient (Wildman–Crippen LogP) is 0.678. The second-order valence-electron chi connectivity index (χ2n) is 4.61. The summed E-state index contributed by atoms with van der Waals surface area (Å²) in [5.74, 6) is -0.0667. The Bertz CT molecular complexity index is 376. The van der Waals surface area contributed by atoms with Crippen LogP contribution in [0.1, 0.15) is 5.56 Å². The van der Waals surface area contributed by atoms with E-state index < -0.39 is 6.04 Å². The van der Waals surface area contributed by atoms with E-state index in [4.69, 9.17) is 15.2 Å². The Kier molecular flexibility index (Phi) is 7.87. The summed E-state index contributed by atoms with van der Waals surface area (Å²) in [6.45, 7) is 2.05. The molecule has 0 fully saturated rings. The molecule has 1 amide bonds. The van der Waals surface area contributed by atoms with Crippen LogP contribution in [0.15, 0.2) is 30.3 Å². The summed E-state index contributed by atoms with van der Waals surface area (Å²) in [6, 6.07) is 9.25. The van der Waals surface area contributed by atoms with Crippen LogP contribution < -0.4 is 5.73 Å². The third-order valence-electron chi connectivity index (χ3n) is 3.06. The van der Waals surface area contributed by atoms with Crippen molar-refractivity contribution in [2.24, 2.45) is 5.73 Å². The highest BCUT2D eigenvalue weighted by Crippen LogP contribution is 2.04. The van der Waals surface area contributed by atoms with Crippen LogP contribution in [-0.2, 0) is 20.7 Å². The zero-order valence-corrected chi connectivity index (χ0v) is 12.2. The van der Waals surface area contributed by atoms with E-state index in [9.17, 15) is 4.79 Å². The lowest BCUT2D eigenvalue weighted by Crippen LogP contribution is -2.47. The summed E-state index contributed by atoms with van der Waals surface area (Å²) in [7, 11) is 3.23. The van der Waals surface area contributed by atoms with Crippen LogP contribution in [0, 0.1) is 0 Å². The molecule has 0 aliphatic carbocycles. The number of rotatable bonds is 9. The molecule has 0 saturated carbocycles. The number of hydrogen-bond donors (Lipinski definition) is 1. The van der Waals surface area contributed by atoms with E-state index in [1.165, 1.54) is 0 Å². The van der Waals surface area contributed by atoms with Crippen molar-refractivity contribution in [2.75, 3.05) is 40.5 Å². The zero-order chi connectivity index (χ0) is 14.8. The van der Waals surface area contributed by atoms with Crippen molar-refractivity contribution < 1.29 is 14.3 Å². The maximum Gasteiger partial charge on any atom is 0.239 e. The van der Waals surface area contributed by atoms with E-state index in [1.54, 1.807) is 19.1 Å². The monoisotopic (exact) mass is 280 g/mol. The van der Waals surface area contributed by atoms with Gasteiger partial charge in [0.1, 0.15) is 0 Å². The minimum Gasteiger partial charge on any atom is -0.383 e. The first-order valence-corrected chi connectivity index (χ1v) is 6.75. The quantitative estimate of drug-likeness (QED) is 0.722. The molecule has 20 heavy (non-hydrogen) atoms. The molecule has 112 valence electrons. The highest BCUT2D eigenvalue weighted by Gasteiger charge is 2.20. The van der Waals surface area contributed by atoms with Gasteiger partial charge >= 0.3 is 0 Å². The second kappa shape index (κ2) is 9.47. The van der Waals surface area contributed by atoms with Gasteiger partial charge in [-0.05, 0) is 12.0 Å². The summed E-state index contributed by atoms with van der Waals surface area (Å²) in [4.78, 5) is 14.0. The van der Waals surface area contributed by atoms with Crippen molar-refractivity contribution in [3.63, 3.8) is 0 Å². The molecule has 0 aromatic heterocycles. The summed E-state index contributed by atoms with van der Waals surface area (Å²) >= 11 is 0. The first-order valence-electron chi connectivity index (χ1n) is 6.75. The highest BCUT2D eigenvalue weighted by atomic mass is 16.5. The molecular formula is C15H24N2O3. The zero-order valence-electron chi connectivity index (χ0n) is 12.2. The maximum atomic E-state index is 12.3. The number of nitrogens with two attached hydrogens (primary N) is 1. The fraction of sp³-hybridized carbons (Fsp3) is 0.533. The minimum atomic E-state index is -0.536. The second-order valence-corrected chi connectivity index (χ2v) is 4.61. The van der Waals surface area contributed by atoms with E-state index in [0.29, 0.717) is 32.7 Å². The van der Waals surface area contributed by atoms with Gasteiger partial charge in [-0.3, -0.25) is 4.79 Å². The number of benzene rings is 1. The first kappa shape index (κ1) is 16.6. The van der Waals surface area contributed by atoms with Gasteiger partial charge in [-0.2, -0.15) is 0 Å². The smallest absolute Gasteiger partial charge is 0.239 e. The van der Waals surface area contributed by atoms with Crippen LogP contribution >= 0.6 is 0 Å². The normalized spacial score (nSPS) is 12.2. The lowest BCUT2D eigenvalue weighted by atomic mass is 10.1. The molecule has 1 aromatic carbocycles. The molecule has 0 spiro atoms. The van der Waals surface area contributed by atoms with E-state index in [0.717, 1.165) is 5.56 Å². The molecule has 0 bridgehead atoms. The van der Waals surface area contributed by atoms with Crippen LogP contribution in [0.5, 0.6) is 0 Å². The Morgan fingerprint density at radius 1 is 1.15 bits per heavy atom. The summed E-state index contributed by atoms with van der Waals surface area (Å²) < 4.78 is 10.0. The average Bonchev–Trinajstić information content (AvgIpc) is 2.48. The number of nitrogens with zero attached hydrogens (tertiary/aromatic N) is 1. The molecule has 0 aliphatic rings. The third kappa shape index (κ3) is 5.69. The number of carbonyl (C=O) groups excluding carboxylic acids is 1. The molecule has 0 aliphatic heterocycles. The molecule has 5 nitrogen and oxygen atoms in total. The molecule has 0 unspecified atom stereocenters. The number of ether oxygens (including phenoxy) is 2. The number of carbonyl (C=O) groups is 1. The molecule has 0 saturated heterocycles. The summed E-state index contributed by atoms with van der Waals surface area (Å²) in [5.41, 5.74) is 7.08. The van der Waals surface area contributed by atoms with Crippen LogP contribution in [0.2, 0.25) is 0 Å². The minimum absolute atomic E-state index is 0.0667. The van der Waals surface area contributed by atoms with Gasteiger partial charge in [0.05, 0.1) is 19.3 Å². The van der Waals surface area contributed by atoms with E-state index in [-0.39, 0.29) is 5.91 Å². The van der Waals surface area contributed by atoms with Gasteiger partial charge in [0.25, 0.3) is 0 Å². The first-order chi connectivity index (χ1) is 9.69. The van der Waals surface area contributed by atoms with Crippen molar-refractivity contribution in [2.45, 2.75) is 12.5 Å². The lowest BCUT2D eigenvalue weighted by molar-refractivity contribution is -0.133. The molecule has 1 atom stereocenters. The number of hydrogen-bond acceptors (Lipinski definition) is 4. The largest absolute Gasteiger partial charge is 0.383 e. The van der Waals surface area contributed by atoms with Crippen molar-refractivity contribution in [3.05, 3.63) is 35.9 Å². The standard InChI is InChI=1S/C15H24N2O3/c1-19-10-8-17(9-11-20-2)15(18)14(16)12-13-6-4-3-5-7-13/h3-7,14H,8-12,16H2,1-2H3/t14-/m0/s1. The van der Waals surface area contributed by atoms with E-state index >= 15 is 0 Å². The van der Waals surface area contributed by atoms with Crippen molar-refractivity contribution in [1.29, 1.82) is 0 Å². The molecule has 0 heterocycles. The Morgan fingerprint density at radius 3 is 2.20 bits per heavy atom. The molecule has 5 heteroatoms. The topological polar surface area (TPSA) is 64.8 Å². The van der Waals surface area contributed by atoms with Crippen molar-refractivity contribution in [3.8, 4) is 0 Å². The Hall–Kier alpha value is -1.43. The van der Waals surface area contributed by atoms with Gasteiger partial charge in [-0.25, -0.2) is 0 Å². The third-order valence-corrected chi connectivity index (χ3v) is 3.06. The average molecular weight is 280 g/mol. The van der Waals surface area contributed by atoms with Crippen molar-refractivity contribution in [1.82, 2.24) is 4.90 Å². The molecule has 2 N–H and O–H groups in total. The lowest BCUT2D eigenvalue weighted by Gasteiger charge is -2.25. The van der Waals surface area contributed by atoms with E-state index in [1.807, 2.05) is 30.3 Å². The Balaban J connectivity index is 2.57. The van der Waals surface area contributed by atoms with Crippen LogP contribution in [-0.4, -0.2) is 57.4 Å². The van der Waals surface area contributed by atoms with Crippen LogP contribution in [0.3, 0.4) is 0 Å². The maximum absolute atomic E-state index is 12.3. The highest BCUT2D eigenvalue weighted by molar-refractivity contribution is 5.82. The number of methoxy groups -OCH3 is 2. The van der Waals surface area contributed by atoms with Crippen LogP contribution in [0.4, 0.5) is 0 Å². The fourth-order valence-corrected chi connectivity index (χ4v) is 1.92. The predicted molar refractivity (Wildman–Crippen MR) is 78.5 cm³/mol. The van der Waals surface area contributed by atoms with Gasteiger partial charge in [0.15, 0.2) is 0 Å². The summed E-state index contributed by atoms with van der Waals surface area (Å²) in [5, 5.41) is 0. The summed E-state index contributed by atoms with van der Waals surface area (Å²) in [6.07, 6.45) is 0.538. The van der Waals surface area contributed by atoms with Gasteiger partial charge in [0, 0.05) is 27.3 Å². The van der Waals surface area contributed by atoms with Gasteiger partial charge in [0.2, 0.25) is 5.91 Å². The van der Waals surface area contributed by atoms with Crippen LogP contribution in [0.25, 0.3) is 0 Å². The van der Waals surface area contributed by atoms with Gasteiger partial charge < -0.3 is 20.1 Å². The van der Waals surface area contributed by atoms with Crippen molar-refractivity contribution >= 4 is 5.91 Å². The van der Waals surface area contributed by atoms with Gasteiger partial charge in [-0.1, -0.05) is 30.3 Å². The molecule has 1 rings (SSSR count). The molecular weight excluding hydrogens is 256 g/mol. The SMILES string of the molecule is COCCN(CCOC)C(=O)[C@@H](N)Cc1ccccc1.